The molecule has 7 heavy (non-hydrogen) atoms. The third-order valence-electron chi connectivity index (χ3n) is 0. The Bertz CT molecular complexity index is 57.8. The fourth-order valence-electron chi connectivity index (χ4n) is 0. The quantitative estimate of drug-likeness (QED) is 0.291. The van der Waals surface area contributed by atoms with E-state index in [2.05, 4.69) is 0 Å². The number of rotatable bonds is 0. The Kier molecular flexibility index (Phi) is 11.2. The second-order valence-electron chi connectivity index (χ2n) is 0.513. The molecule has 48 valence electrons. The van der Waals surface area contributed by atoms with Crippen LogP contribution in [0, 0.1) is 0 Å². The van der Waals surface area contributed by atoms with Crippen molar-refractivity contribution in [3.05, 3.63) is 0 Å². The maximum absolute atomic E-state index is 8.88. The second-order valence-corrected chi connectivity index (χ2v) is 1.54. The van der Waals surface area contributed by atoms with Gasteiger partial charge in [0, 0.05) is 17.1 Å². The van der Waals surface area contributed by atoms with E-state index in [1.807, 2.05) is 0 Å². The first-order valence-electron chi connectivity index (χ1n) is 0.783. The molecule has 0 bridgehead atoms. The van der Waals surface area contributed by atoms with Crippen molar-refractivity contribution >= 4 is 18.8 Å². The van der Waals surface area contributed by atoms with E-state index in [9.17, 15) is 0 Å². The summed E-state index contributed by atoms with van der Waals surface area (Å²) in [6.45, 7) is 0. The Morgan fingerprint density at radius 3 is 1.14 bits per heavy atom. The van der Waals surface area contributed by atoms with Crippen LogP contribution in [0.3, 0.4) is 0 Å². The van der Waals surface area contributed by atoms with Crippen molar-refractivity contribution in [1.82, 2.24) is 0 Å². The fraction of sp³-hybridized carbons (Fsp3) is 0. The van der Waals surface area contributed by atoms with Crippen LogP contribution in [0.15, 0.2) is 0 Å². The Labute approximate surface area is 55.7 Å². The smallest absolute Gasteiger partial charge is 0.303 e. The fourth-order valence-corrected chi connectivity index (χ4v) is 0. The molecule has 0 radical (unpaired) electrons. The van der Waals surface area contributed by atoms with E-state index in [0.29, 0.717) is 0 Å². The zero-order valence-corrected chi connectivity index (χ0v) is 4.55. The largest absolute Gasteiger partial charge is 0.466 e. The molecule has 0 aromatic carbocycles. The van der Waals surface area contributed by atoms with E-state index >= 15 is 0 Å². The molecule has 3 N–H and O–H groups in total. The van der Waals surface area contributed by atoms with Crippen LogP contribution >= 0.6 is 7.82 Å². The molecule has 0 aliphatic rings. The molecule has 0 aromatic rings. The van der Waals surface area contributed by atoms with Crippen LogP contribution in [-0.4, -0.2) is 25.6 Å². The van der Waals surface area contributed by atoms with Gasteiger partial charge in [0.2, 0.25) is 0 Å². The van der Waals surface area contributed by atoms with Gasteiger partial charge in [0.15, 0.2) is 0 Å². The zero-order chi connectivity index (χ0) is 4.50. The van der Waals surface area contributed by atoms with Crippen molar-refractivity contribution in [1.29, 1.82) is 0 Å². The average Bonchev–Trinajstić information content (AvgIpc) is 0.722. The Morgan fingerprint density at radius 2 is 1.14 bits per heavy atom. The first-order chi connectivity index (χ1) is 2.00. The van der Waals surface area contributed by atoms with Crippen LogP contribution in [0.25, 0.3) is 0 Å². The molecule has 0 rings (SSSR count). The van der Waals surface area contributed by atoms with Gasteiger partial charge in [-0.25, -0.2) is 4.57 Å². The van der Waals surface area contributed by atoms with Crippen molar-refractivity contribution < 1.29 is 36.3 Å². The van der Waals surface area contributed by atoms with E-state index in [1.165, 1.54) is 0 Å². The van der Waals surface area contributed by atoms with E-state index in [4.69, 9.17) is 19.2 Å². The zero-order valence-electron chi connectivity index (χ0n) is 2.55. The molecule has 7 heteroatoms. The summed E-state index contributed by atoms with van der Waals surface area (Å²) in [6.07, 6.45) is 0. The molecule has 0 spiro atoms. The maximum atomic E-state index is 8.88. The van der Waals surface area contributed by atoms with Gasteiger partial charge in [0.05, 0.1) is 0 Å². The van der Waals surface area contributed by atoms with Crippen molar-refractivity contribution in [2.24, 2.45) is 0 Å². The first kappa shape index (κ1) is 15.7. The third kappa shape index (κ3) is 224. The summed E-state index contributed by atoms with van der Waals surface area (Å²) in [4.78, 5) is 21.6. The molecule has 0 aliphatic heterocycles. The summed E-state index contributed by atoms with van der Waals surface area (Å²) in [5.74, 6) is 0. The van der Waals surface area contributed by atoms with Crippen LogP contribution in [0.2, 0.25) is 0 Å². The van der Waals surface area contributed by atoms with E-state index in [-0.39, 0.29) is 28.0 Å². The van der Waals surface area contributed by atoms with Crippen LogP contribution in [0.1, 0.15) is 0 Å². The molecule has 0 saturated carbocycles. The minimum Gasteiger partial charge on any atom is -0.303 e. The predicted octanol–water partition coefficient (Wildman–Crippen LogP) is -2.38. The van der Waals surface area contributed by atoms with E-state index < -0.39 is 7.82 Å². The van der Waals surface area contributed by atoms with Crippen molar-refractivity contribution in [3.63, 3.8) is 0 Å². The van der Waals surface area contributed by atoms with Gasteiger partial charge in [-0.1, -0.05) is 0 Å². The SMILES string of the molecule is O=P(O)(O)O.[Fe].[SiH4]. The molecular weight excluding hydrogens is 179 g/mol. The Balaban J connectivity index is -0.0000000800. The first-order valence-corrected chi connectivity index (χ1v) is 2.35. The van der Waals surface area contributed by atoms with Crippen LogP contribution in [0.5, 0.6) is 0 Å². The van der Waals surface area contributed by atoms with Gasteiger partial charge in [0.1, 0.15) is 0 Å². The summed E-state index contributed by atoms with van der Waals surface area (Å²) < 4.78 is 8.88. The minimum atomic E-state index is -4.64. The summed E-state index contributed by atoms with van der Waals surface area (Å²) in [7, 11) is -4.64. The average molecular weight is 186 g/mol. The summed E-state index contributed by atoms with van der Waals surface area (Å²) in [5.41, 5.74) is 0. The van der Waals surface area contributed by atoms with Crippen molar-refractivity contribution in [3.8, 4) is 0 Å². The minimum absolute atomic E-state index is 0. The molecule has 0 fully saturated rings. The molecule has 0 saturated heterocycles. The summed E-state index contributed by atoms with van der Waals surface area (Å²) >= 11 is 0. The molecule has 0 unspecified atom stereocenters. The van der Waals surface area contributed by atoms with Gasteiger partial charge in [0.25, 0.3) is 0 Å². The van der Waals surface area contributed by atoms with Gasteiger partial charge >= 0.3 is 7.82 Å². The van der Waals surface area contributed by atoms with Crippen LogP contribution < -0.4 is 0 Å². The van der Waals surface area contributed by atoms with E-state index in [1.54, 1.807) is 0 Å². The van der Waals surface area contributed by atoms with Gasteiger partial charge in [-0.3, -0.25) is 0 Å². The van der Waals surface area contributed by atoms with E-state index in [0.717, 1.165) is 0 Å². The summed E-state index contributed by atoms with van der Waals surface area (Å²) in [5, 5.41) is 0. The van der Waals surface area contributed by atoms with Crippen molar-refractivity contribution in [2.45, 2.75) is 0 Å². The topological polar surface area (TPSA) is 77.8 Å². The molecule has 0 heterocycles. The monoisotopic (exact) mass is 186 g/mol. The second kappa shape index (κ2) is 4.99. The van der Waals surface area contributed by atoms with Gasteiger partial charge in [-0.05, 0) is 11.0 Å². The van der Waals surface area contributed by atoms with Gasteiger partial charge < -0.3 is 14.7 Å². The molecule has 0 aromatic heterocycles. The standard InChI is InChI=1S/Fe.H3O4P.H4Si/c;1-5(2,3)4;/h;(H3,1,2,3,4);1H4. The molecular formula is H7FeO4PSi. The summed E-state index contributed by atoms with van der Waals surface area (Å²) in [6, 6.07) is 0. The Hall–Kier alpha value is 0.846. The van der Waals surface area contributed by atoms with Crippen LogP contribution in [0.4, 0.5) is 0 Å². The molecule has 0 aliphatic carbocycles. The number of hydrogen-bond acceptors (Lipinski definition) is 1. The molecule has 4 nitrogen and oxygen atoms in total. The van der Waals surface area contributed by atoms with Gasteiger partial charge in [-0.2, -0.15) is 0 Å². The normalized spacial score (nSPS) is 8.43. The third-order valence-corrected chi connectivity index (χ3v) is 0. The molecule has 0 amide bonds. The van der Waals surface area contributed by atoms with Gasteiger partial charge in [-0.15, -0.1) is 0 Å². The maximum Gasteiger partial charge on any atom is 0.466 e. The molecule has 0 atom stereocenters. The number of hydrogen-bond donors (Lipinski definition) is 3. The Morgan fingerprint density at radius 1 is 1.14 bits per heavy atom. The van der Waals surface area contributed by atoms with Crippen LogP contribution in [-0.2, 0) is 21.6 Å². The number of phosphoric acid groups is 1. The van der Waals surface area contributed by atoms with Crippen molar-refractivity contribution in [2.75, 3.05) is 0 Å². The predicted molar refractivity (Wildman–Crippen MR) is 25.6 cm³/mol.